The third-order valence-electron chi connectivity index (χ3n) is 2.44. The van der Waals surface area contributed by atoms with Gasteiger partial charge in [0.2, 0.25) is 0 Å². The van der Waals surface area contributed by atoms with Crippen LogP contribution in [0, 0.1) is 0 Å². The predicted molar refractivity (Wildman–Crippen MR) is 66.2 cm³/mol. The second-order valence-electron chi connectivity index (χ2n) is 3.69. The van der Waals surface area contributed by atoms with Gasteiger partial charge < -0.3 is 9.66 Å². The normalized spacial score (nSPS) is 12.3. The lowest BCUT2D eigenvalue weighted by Gasteiger charge is -2.06. The number of phenolic OH excluding ortho intramolecular Hbond substituents is 1. The Kier molecular flexibility index (Phi) is 3.56. The first-order valence-electron chi connectivity index (χ1n) is 5.09. The van der Waals surface area contributed by atoms with E-state index in [1.807, 2.05) is 24.3 Å². The number of aromatic hydroxyl groups is 1. The fraction of sp³-hybridized carbons (Fsp3) is 0.0769. The third-order valence-corrected chi connectivity index (χ3v) is 3.01. The van der Waals surface area contributed by atoms with E-state index in [0.29, 0.717) is 0 Å². The van der Waals surface area contributed by atoms with E-state index in [1.54, 1.807) is 24.3 Å². The molecular weight excluding hydrogens is 236 g/mol. The second kappa shape index (κ2) is 5.12. The Morgan fingerprint density at radius 2 is 1.41 bits per heavy atom. The van der Waals surface area contributed by atoms with E-state index in [2.05, 4.69) is 0 Å². The molecule has 0 saturated carbocycles. The summed E-state index contributed by atoms with van der Waals surface area (Å²) in [5, 5.41) is 9.18. The summed E-state index contributed by atoms with van der Waals surface area (Å²) < 4.78 is 21.1. The standard InChI is InChI=1S/C13H12O3S/c14-13-7-5-12(6-8-13)11-3-1-10(2-4-11)9-17(15)16/h1-8,14H,9H2,(H,15,16)/p-1. The van der Waals surface area contributed by atoms with Crippen molar-refractivity contribution >= 4 is 11.1 Å². The summed E-state index contributed by atoms with van der Waals surface area (Å²) >= 11 is -2.05. The minimum Gasteiger partial charge on any atom is -0.772 e. The van der Waals surface area contributed by atoms with Crippen LogP contribution in [0.1, 0.15) is 5.56 Å². The summed E-state index contributed by atoms with van der Waals surface area (Å²) in [7, 11) is 0. The molecule has 0 heterocycles. The molecule has 0 aliphatic heterocycles. The fourth-order valence-corrected chi connectivity index (χ4v) is 2.05. The molecule has 0 aromatic heterocycles. The van der Waals surface area contributed by atoms with Gasteiger partial charge in [0.05, 0.1) is 0 Å². The number of benzene rings is 2. The maximum Gasteiger partial charge on any atom is 0.115 e. The Morgan fingerprint density at radius 1 is 0.941 bits per heavy atom. The number of hydrogen-bond acceptors (Lipinski definition) is 3. The Morgan fingerprint density at radius 3 is 1.88 bits per heavy atom. The van der Waals surface area contributed by atoms with Crippen LogP contribution in [-0.2, 0) is 16.8 Å². The molecule has 2 rings (SSSR count). The molecule has 0 amide bonds. The number of rotatable bonds is 3. The molecule has 0 aliphatic carbocycles. The van der Waals surface area contributed by atoms with E-state index in [4.69, 9.17) is 0 Å². The first-order valence-corrected chi connectivity index (χ1v) is 6.34. The van der Waals surface area contributed by atoms with Crippen molar-refractivity contribution in [1.82, 2.24) is 0 Å². The molecule has 3 nitrogen and oxygen atoms in total. The Bertz CT molecular complexity index is 517. The molecule has 0 bridgehead atoms. The minimum atomic E-state index is -2.05. The molecule has 1 unspecified atom stereocenters. The molecule has 0 radical (unpaired) electrons. The first kappa shape index (κ1) is 11.8. The molecule has 0 aliphatic rings. The molecule has 2 aromatic carbocycles. The van der Waals surface area contributed by atoms with E-state index >= 15 is 0 Å². The van der Waals surface area contributed by atoms with Crippen molar-refractivity contribution in [2.75, 3.05) is 0 Å². The van der Waals surface area contributed by atoms with Crippen molar-refractivity contribution in [3.8, 4) is 16.9 Å². The molecular formula is C13H11O3S-. The zero-order valence-electron chi connectivity index (χ0n) is 9.00. The van der Waals surface area contributed by atoms with Gasteiger partial charge in [-0.05, 0) is 28.8 Å². The van der Waals surface area contributed by atoms with Crippen LogP contribution in [0.25, 0.3) is 11.1 Å². The van der Waals surface area contributed by atoms with Gasteiger partial charge in [0.1, 0.15) is 5.75 Å². The molecule has 88 valence electrons. The maximum atomic E-state index is 10.5. The zero-order valence-corrected chi connectivity index (χ0v) is 9.81. The highest BCUT2D eigenvalue weighted by Crippen LogP contribution is 2.22. The average Bonchev–Trinajstić information content (AvgIpc) is 2.30. The highest BCUT2D eigenvalue weighted by Gasteiger charge is 1.98. The van der Waals surface area contributed by atoms with Gasteiger partial charge in [0.25, 0.3) is 0 Å². The predicted octanol–water partition coefficient (Wildman–Crippen LogP) is 2.44. The van der Waals surface area contributed by atoms with E-state index in [1.165, 1.54) is 0 Å². The zero-order chi connectivity index (χ0) is 12.3. The average molecular weight is 247 g/mol. The molecule has 1 atom stereocenters. The van der Waals surface area contributed by atoms with Gasteiger partial charge in [-0.3, -0.25) is 4.21 Å². The lowest BCUT2D eigenvalue weighted by atomic mass is 10.0. The second-order valence-corrected chi connectivity index (χ2v) is 4.59. The molecule has 1 N–H and O–H groups in total. The van der Waals surface area contributed by atoms with Crippen molar-refractivity contribution in [2.24, 2.45) is 0 Å². The highest BCUT2D eigenvalue weighted by atomic mass is 32.2. The summed E-state index contributed by atoms with van der Waals surface area (Å²) in [5.74, 6) is 0.266. The van der Waals surface area contributed by atoms with Gasteiger partial charge in [-0.1, -0.05) is 47.5 Å². The monoisotopic (exact) mass is 247 g/mol. The van der Waals surface area contributed by atoms with Crippen LogP contribution in [0.15, 0.2) is 48.5 Å². The highest BCUT2D eigenvalue weighted by molar-refractivity contribution is 7.78. The molecule has 4 heteroatoms. The Balaban J connectivity index is 2.23. The molecule has 17 heavy (non-hydrogen) atoms. The van der Waals surface area contributed by atoms with Gasteiger partial charge >= 0.3 is 0 Å². The summed E-state index contributed by atoms with van der Waals surface area (Å²) in [5.41, 5.74) is 2.74. The summed E-state index contributed by atoms with van der Waals surface area (Å²) in [6.07, 6.45) is 0. The van der Waals surface area contributed by atoms with E-state index < -0.39 is 11.1 Å². The van der Waals surface area contributed by atoms with Gasteiger partial charge in [0.15, 0.2) is 0 Å². The lowest BCUT2D eigenvalue weighted by Crippen LogP contribution is -1.92. The summed E-state index contributed by atoms with van der Waals surface area (Å²) in [6.45, 7) is 0. The van der Waals surface area contributed by atoms with Gasteiger partial charge in [-0.2, -0.15) is 0 Å². The van der Waals surface area contributed by atoms with Crippen molar-refractivity contribution in [2.45, 2.75) is 5.75 Å². The van der Waals surface area contributed by atoms with Crippen LogP contribution in [0.5, 0.6) is 5.75 Å². The SMILES string of the molecule is O=S([O-])Cc1ccc(-c2ccc(O)cc2)cc1. The van der Waals surface area contributed by atoms with Crippen LogP contribution in [0.3, 0.4) is 0 Å². The van der Waals surface area contributed by atoms with Crippen molar-refractivity contribution < 1.29 is 13.9 Å². The quantitative estimate of drug-likeness (QED) is 0.847. The minimum absolute atomic E-state index is 0.0376. The van der Waals surface area contributed by atoms with Crippen LogP contribution in [0.4, 0.5) is 0 Å². The van der Waals surface area contributed by atoms with Gasteiger partial charge in [-0.25, -0.2) is 0 Å². The molecule has 0 saturated heterocycles. The Hall–Kier alpha value is -1.65. The van der Waals surface area contributed by atoms with Crippen molar-refractivity contribution in [3.05, 3.63) is 54.1 Å². The summed E-state index contributed by atoms with van der Waals surface area (Å²) in [6, 6.07) is 14.2. The van der Waals surface area contributed by atoms with Gasteiger partial charge in [0, 0.05) is 5.75 Å². The topological polar surface area (TPSA) is 60.4 Å². The first-order chi connectivity index (χ1) is 8.15. The maximum absolute atomic E-state index is 10.5. The van der Waals surface area contributed by atoms with Crippen LogP contribution >= 0.6 is 0 Å². The van der Waals surface area contributed by atoms with Crippen molar-refractivity contribution in [3.63, 3.8) is 0 Å². The Labute approximate surface area is 102 Å². The number of hydrogen-bond donors (Lipinski definition) is 1. The summed E-state index contributed by atoms with van der Waals surface area (Å²) in [4.78, 5) is 0. The van der Waals surface area contributed by atoms with Crippen LogP contribution < -0.4 is 0 Å². The smallest absolute Gasteiger partial charge is 0.115 e. The molecule has 2 aromatic rings. The van der Waals surface area contributed by atoms with Crippen LogP contribution in [0.2, 0.25) is 0 Å². The fourth-order valence-electron chi connectivity index (χ4n) is 1.58. The molecule has 0 fully saturated rings. The number of phenols is 1. The third kappa shape index (κ3) is 3.15. The van der Waals surface area contributed by atoms with E-state index in [-0.39, 0.29) is 11.5 Å². The van der Waals surface area contributed by atoms with E-state index in [9.17, 15) is 13.9 Å². The van der Waals surface area contributed by atoms with Crippen molar-refractivity contribution in [1.29, 1.82) is 0 Å². The van der Waals surface area contributed by atoms with Gasteiger partial charge in [-0.15, -0.1) is 0 Å². The molecule has 0 spiro atoms. The van der Waals surface area contributed by atoms with Crippen LogP contribution in [-0.4, -0.2) is 13.9 Å². The van der Waals surface area contributed by atoms with E-state index in [0.717, 1.165) is 16.7 Å². The largest absolute Gasteiger partial charge is 0.772 e. The lowest BCUT2D eigenvalue weighted by molar-refractivity contribution is 0.475.